The van der Waals surface area contributed by atoms with Crippen molar-refractivity contribution >= 4 is 45.2 Å². The molecule has 0 heterocycles. The highest BCUT2D eigenvalue weighted by molar-refractivity contribution is 8.47. The van der Waals surface area contributed by atoms with Crippen LogP contribution in [0.4, 0.5) is 0 Å². The zero-order valence-electron chi connectivity index (χ0n) is 8.96. The summed E-state index contributed by atoms with van der Waals surface area (Å²) < 4.78 is 5.18. The molecule has 0 unspecified atom stereocenters. The molecule has 0 aliphatic rings. The van der Waals surface area contributed by atoms with Crippen LogP contribution in [-0.4, -0.2) is 26.6 Å². The summed E-state index contributed by atoms with van der Waals surface area (Å²) >= 11 is 8.10. The molecule has 0 saturated carbocycles. The van der Waals surface area contributed by atoms with Gasteiger partial charge in [0.25, 0.3) is 0 Å². The second-order valence-corrected chi connectivity index (χ2v) is 7.11. The molecule has 0 aliphatic heterocycles. The predicted octanol–water partition coefficient (Wildman–Crippen LogP) is 3.10. The van der Waals surface area contributed by atoms with Crippen LogP contribution in [0.1, 0.15) is 27.7 Å². The number of carbonyl (C=O) groups is 1. The maximum absolute atomic E-state index is 11.5. The fourth-order valence-electron chi connectivity index (χ4n) is 0.702. The molecule has 0 bridgehead atoms. The third kappa shape index (κ3) is 5.22. The Balaban J connectivity index is 4.18. The van der Waals surface area contributed by atoms with Crippen LogP contribution in [0.2, 0.25) is 0 Å². The molecule has 0 saturated heterocycles. The highest BCUT2D eigenvalue weighted by Crippen LogP contribution is 2.31. The van der Waals surface area contributed by atoms with Crippen LogP contribution >= 0.6 is 35.7 Å². The summed E-state index contributed by atoms with van der Waals surface area (Å²) in [5, 5.41) is 0. The number of rotatable bonds is 4. The fourth-order valence-corrected chi connectivity index (χ4v) is 3.69. The number of thioether (sulfide) groups is 2. The lowest BCUT2D eigenvalue weighted by Gasteiger charge is -2.21. The van der Waals surface area contributed by atoms with E-state index in [1.54, 1.807) is 18.7 Å². The molecular weight excluding hydrogens is 236 g/mol. The Kier molecular flexibility index (Phi) is 6.81. The van der Waals surface area contributed by atoms with Crippen LogP contribution in [-0.2, 0) is 9.53 Å². The van der Waals surface area contributed by atoms with Crippen molar-refractivity contribution in [3.63, 3.8) is 0 Å². The second-order valence-electron chi connectivity index (χ2n) is 3.02. The lowest BCUT2D eigenvalue weighted by Crippen LogP contribution is -2.30. The molecule has 14 heavy (non-hydrogen) atoms. The van der Waals surface area contributed by atoms with E-state index in [1.807, 2.05) is 20.8 Å². The van der Waals surface area contributed by atoms with Crippen molar-refractivity contribution in [2.75, 3.05) is 12.4 Å². The van der Waals surface area contributed by atoms with Crippen LogP contribution < -0.4 is 0 Å². The van der Waals surface area contributed by atoms with Crippen molar-refractivity contribution in [1.82, 2.24) is 0 Å². The maximum atomic E-state index is 11.5. The van der Waals surface area contributed by atoms with Crippen LogP contribution in [0.3, 0.4) is 0 Å². The highest BCUT2D eigenvalue weighted by atomic mass is 32.2. The minimum atomic E-state index is -0.574. The van der Waals surface area contributed by atoms with Gasteiger partial charge in [-0.2, -0.15) is 0 Å². The smallest absolute Gasteiger partial charge is 0.322 e. The van der Waals surface area contributed by atoms with E-state index in [2.05, 4.69) is 0 Å². The van der Waals surface area contributed by atoms with Gasteiger partial charge in [-0.25, -0.2) is 0 Å². The summed E-state index contributed by atoms with van der Waals surface area (Å²) in [4.78, 5) is 11.5. The first kappa shape index (κ1) is 14.3. The van der Waals surface area contributed by atoms with Gasteiger partial charge in [-0.3, -0.25) is 4.79 Å². The van der Waals surface area contributed by atoms with E-state index in [4.69, 9.17) is 17.0 Å². The summed E-state index contributed by atoms with van der Waals surface area (Å²) in [5.41, 5.74) is 0. The minimum absolute atomic E-state index is 0.205. The van der Waals surface area contributed by atoms with Crippen molar-refractivity contribution < 1.29 is 9.53 Å². The third-order valence-electron chi connectivity index (χ3n) is 1.37. The molecule has 0 radical (unpaired) electrons. The molecule has 82 valence electrons. The Morgan fingerprint density at radius 1 is 1.43 bits per heavy atom. The summed E-state index contributed by atoms with van der Waals surface area (Å²) in [5.74, 6) is 0.731. The predicted molar refractivity (Wildman–Crippen MR) is 69.0 cm³/mol. The van der Waals surface area contributed by atoms with E-state index < -0.39 is 4.75 Å². The molecule has 0 aliphatic carbocycles. The molecule has 0 N–H and O–H groups in total. The molecule has 2 nitrogen and oxygen atoms in total. The number of carbonyl (C=O) groups excluding carboxylic acids is 1. The molecule has 0 amide bonds. The SMILES string of the molecule is CCOC(=O)C(C)(C)SC(=S)SCC. The van der Waals surface area contributed by atoms with Gasteiger partial charge in [0, 0.05) is 0 Å². The molecule has 0 atom stereocenters. The molecule has 0 rings (SSSR count). The van der Waals surface area contributed by atoms with Crippen molar-refractivity contribution in [3.05, 3.63) is 0 Å². The number of hydrogen-bond acceptors (Lipinski definition) is 5. The Morgan fingerprint density at radius 2 is 2.00 bits per heavy atom. The minimum Gasteiger partial charge on any atom is -0.465 e. The van der Waals surface area contributed by atoms with E-state index in [0.29, 0.717) is 6.61 Å². The summed E-state index contributed by atoms with van der Waals surface area (Å²) in [7, 11) is 0. The van der Waals surface area contributed by atoms with Gasteiger partial charge < -0.3 is 4.74 Å². The van der Waals surface area contributed by atoms with E-state index in [9.17, 15) is 4.79 Å². The van der Waals surface area contributed by atoms with Gasteiger partial charge in [0.2, 0.25) is 0 Å². The summed E-state index contributed by atoms with van der Waals surface area (Å²) in [6.07, 6.45) is 0. The Labute approximate surface area is 99.5 Å². The largest absolute Gasteiger partial charge is 0.465 e. The van der Waals surface area contributed by atoms with E-state index in [0.717, 1.165) is 9.28 Å². The fraction of sp³-hybridized carbons (Fsp3) is 0.778. The van der Waals surface area contributed by atoms with Gasteiger partial charge in [-0.15, -0.1) is 11.8 Å². The molecule has 0 aromatic rings. The molecular formula is C9H16O2S3. The van der Waals surface area contributed by atoms with Gasteiger partial charge in [0.05, 0.1) is 6.61 Å². The average Bonchev–Trinajstić information content (AvgIpc) is 2.03. The lowest BCUT2D eigenvalue weighted by atomic mass is 10.2. The van der Waals surface area contributed by atoms with Crippen LogP contribution in [0.25, 0.3) is 0 Å². The molecule has 0 aromatic carbocycles. The van der Waals surface area contributed by atoms with E-state index in [-0.39, 0.29) is 5.97 Å². The van der Waals surface area contributed by atoms with Crippen molar-refractivity contribution in [2.45, 2.75) is 32.4 Å². The Bertz CT molecular complexity index is 214. The van der Waals surface area contributed by atoms with Crippen LogP contribution in [0, 0.1) is 0 Å². The number of hydrogen-bond donors (Lipinski definition) is 0. The Morgan fingerprint density at radius 3 is 2.43 bits per heavy atom. The number of ether oxygens (including phenoxy) is 1. The first-order valence-corrected chi connectivity index (χ1v) is 6.68. The van der Waals surface area contributed by atoms with Crippen molar-refractivity contribution in [3.8, 4) is 0 Å². The average molecular weight is 252 g/mol. The number of esters is 1. The normalized spacial score (nSPS) is 11.1. The zero-order chi connectivity index (χ0) is 11.2. The van der Waals surface area contributed by atoms with Gasteiger partial charge in [-0.1, -0.05) is 30.9 Å². The lowest BCUT2D eigenvalue weighted by molar-refractivity contribution is -0.145. The Hall–Kier alpha value is 0.260. The first-order valence-electron chi connectivity index (χ1n) is 4.47. The molecule has 0 aromatic heterocycles. The quantitative estimate of drug-likeness (QED) is 0.566. The van der Waals surface area contributed by atoms with Gasteiger partial charge in [0.15, 0.2) is 0 Å². The van der Waals surface area contributed by atoms with Gasteiger partial charge >= 0.3 is 5.97 Å². The zero-order valence-corrected chi connectivity index (χ0v) is 11.4. The topological polar surface area (TPSA) is 26.3 Å². The second kappa shape index (κ2) is 6.69. The van der Waals surface area contributed by atoms with Crippen LogP contribution in [0.5, 0.6) is 0 Å². The van der Waals surface area contributed by atoms with Crippen molar-refractivity contribution in [2.24, 2.45) is 0 Å². The maximum Gasteiger partial charge on any atom is 0.322 e. The van der Waals surface area contributed by atoms with E-state index >= 15 is 0 Å². The summed E-state index contributed by atoms with van der Waals surface area (Å²) in [6.45, 7) is 7.92. The van der Waals surface area contributed by atoms with Crippen LogP contribution in [0.15, 0.2) is 0 Å². The first-order chi connectivity index (χ1) is 6.44. The monoisotopic (exact) mass is 252 g/mol. The number of thiocarbonyl (C=S) groups is 1. The molecule has 0 fully saturated rings. The van der Waals surface area contributed by atoms with Crippen molar-refractivity contribution in [1.29, 1.82) is 0 Å². The standard InChI is InChI=1S/C9H16O2S3/c1-5-11-7(10)9(3,4)14-8(12)13-6-2/h5-6H2,1-4H3. The van der Waals surface area contributed by atoms with Gasteiger partial charge in [-0.05, 0) is 26.5 Å². The third-order valence-corrected chi connectivity index (χ3v) is 3.94. The molecule has 5 heteroatoms. The molecule has 0 spiro atoms. The van der Waals surface area contributed by atoms with E-state index in [1.165, 1.54) is 11.8 Å². The highest BCUT2D eigenvalue weighted by Gasteiger charge is 2.31. The summed E-state index contributed by atoms with van der Waals surface area (Å²) in [6, 6.07) is 0. The van der Waals surface area contributed by atoms with Gasteiger partial charge in [0.1, 0.15) is 8.28 Å².